The lowest BCUT2D eigenvalue weighted by atomic mass is 9.82. The Balaban J connectivity index is 1.36. The average Bonchev–Trinajstić information content (AvgIpc) is 2.59. The summed E-state index contributed by atoms with van der Waals surface area (Å²) >= 11 is 0. The molecule has 2 unspecified atom stereocenters. The number of halogens is 2. The largest absolute Gasteiger partial charge is 0.381 e. The van der Waals surface area contributed by atoms with Crippen molar-refractivity contribution in [3.63, 3.8) is 0 Å². The van der Waals surface area contributed by atoms with Gasteiger partial charge in [0, 0.05) is 32.2 Å². The standard InChI is InChI=1S/C20H27F2NO2/c21-16-4-5-19(22)15(11-16)12-17-3-1-2-8-23(17)14-18-13-20(25-18)6-9-24-10-7-20/h4-5,11,17-18H,1-3,6-10,12-14H2. The van der Waals surface area contributed by atoms with E-state index in [1.54, 1.807) is 0 Å². The Labute approximate surface area is 148 Å². The Kier molecular flexibility index (Phi) is 5.07. The maximum atomic E-state index is 14.0. The number of piperidine rings is 1. The van der Waals surface area contributed by atoms with Crippen LogP contribution in [0.4, 0.5) is 8.78 Å². The van der Waals surface area contributed by atoms with Crippen molar-refractivity contribution >= 4 is 0 Å². The van der Waals surface area contributed by atoms with Gasteiger partial charge in [-0.15, -0.1) is 0 Å². The van der Waals surface area contributed by atoms with Crippen molar-refractivity contribution in [3.8, 4) is 0 Å². The fraction of sp³-hybridized carbons (Fsp3) is 0.700. The zero-order chi connectivity index (χ0) is 17.3. The van der Waals surface area contributed by atoms with Crippen molar-refractivity contribution in [3.05, 3.63) is 35.4 Å². The minimum absolute atomic E-state index is 0.0584. The van der Waals surface area contributed by atoms with Gasteiger partial charge in [0.2, 0.25) is 0 Å². The van der Waals surface area contributed by atoms with Gasteiger partial charge in [0.05, 0.1) is 11.7 Å². The van der Waals surface area contributed by atoms with E-state index in [1.165, 1.54) is 24.6 Å². The van der Waals surface area contributed by atoms with Gasteiger partial charge < -0.3 is 9.47 Å². The van der Waals surface area contributed by atoms with Crippen LogP contribution in [0.5, 0.6) is 0 Å². The van der Waals surface area contributed by atoms with Gasteiger partial charge in [0.1, 0.15) is 11.6 Å². The lowest BCUT2D eigenvalue weighted by Crippen LogP contribution is -2.58. The predicted molar refractivity (Wildman–Crippen MR) is 91.5 cm³/mol. The zero-order valence-corrected chi connectivity index (χ0v) is 14.7. The third-order valence-electron chi connectivity index (χ3n) is 6.07. The van der Waals surface area contributed by atoms with Gasteiger partial charge in [-0.25, -0.2) is 8.78 Å². The maximum Gasteiger partial charge on any atom is 0.126 e. The van der Waals surface area contributed by atoms with E-state index >= 15 is 0 Å². The van der Waals surface area contributed by atoms with Gasteiger partial charge in [-0.1, -0.05) is 6.42 Å². The molecule has 3 nitrogen and oxygen atoms in total. The molecule has 3 fully saturated rings. The molecule has 1 aromatic rings. The smallest absolute Gasteiger partial charge is 0.126 e. The van der Waals surface area contributed by atoms with Crippen molar-refractivity contribution in [1.82, 2.24) is 4.90 Å². The summed E-state index contributed by atoms with van der Waals surface area (Å²) in [7, 11) is 0. The molecule has 0 N–H and O–H groups in total. The van der Waals surface area contributed by atoms with E-state index in [9.17, 15) is 8.78 Å². The highest BCUT2D eigenvalue weighted by Crippen LogP contribution is 2.41. The highest BCUT2D eigenvalue weighted by molar-refractivity contribution is 5.20. The van der Waals surface area contributed by atoms with Gasteiger partial charge in [-0.05, 0) is 62.4 Å². The molecule has 0 aliphatic carbocycles. The summed E-state index contributed by atoms with van der Waals surface area (Å²) < 4.78 is 39.2. The lowest BCUT2D eigenvalue weighted by Gasteiger charge is -2.52. The lowest BCUT2D eigenvalue weighted by molar-refractivity contribution is -0.242. The average molecular weight is 351 g/mol. The van der Waals surface area contributed by atoms with Crippen LogP contribution in [0.2, 0.25) is 0 Å². The van der Waals surface area contributed by atoms with Crippen molar-refractivity contribution in [1.29, 1.82) is 0 Å². The second kappa shape index (κ2) is 7.29. The molecular formula is C20H27F2NO2. The van der Waals surface area contributed by atoms with E-state index in [4.69, 9.17) is 9.47 Å². The summed E-state index contributed by atoms with van der Waals surface area (Å²) in [5, 5.41) is 0. The molecule has 0 aromatic heterocycles. The first kappa shape index (κ1) is 17.4. The first-order valence-corrected chi connectivity index (χ1v) is 9.57. The molecule has 3 aliphatic heterocycles. The normalized spacial score (nSPS) is 29.5. The summed E-state index contributed by atoms with van der Waals surface area (Å²) in [4.78, 5) is 2.44. The molecule has 2 atom stereocenters. The van der Waals surface area contributed by atoms with Crippen molar-refractivity contribution in [2.24, 2.45) is 0 Å². The van der Waals surface area contributed by atoms with E-state index in [0.29, 0.717) is 12.0 Å². The molecule has 0 bridgehead atoms. The van der Waals surface area contributed by atoms with E-state index in [0.717, 1.165) is 58.4 Å². The Morgan fingerprint density at radius 3 is 2.76 bits per heavy atom. The minimum Gasteiger partial charge on any atom is -0.381 e. The van der Waals surface area contributed by atoms with Crippen LogP contribution in [0.25, 0.3) is 0 Å². The second-order valence-electron chi connectivity index (χ2n) is 7.82. The molecule has 4 rings (SSSR count). The van der Waals surface area contributed by atoms with Crippen molar-refractivity contribution in [2.45, 2.75) is 62.7 Å². The van der Waals surface area contributed by atoms with Gasteiger partial charge in [-0.2, -0.15) is 0 Å². The minimum atomic E-state index is -0.359. The maximum absolute atomic E-state index is 14.0. The molecule has 0 amide bonds. The van der Waals surface area contributed by atoms with E-state index in [2.05, 4.69) is 4.90 Å². The monoisotopic (exact) mass is 351 g/mol. The summed E-state index contributed by atoms with van der Waals surface area (Å²) in [5.41, 5.74) is 0.551. The molecule has 138 valence electrons. The predicted octanol–water partition coefficient (Wildman–Crippen LogP) is 3.70. The molecule has 1 spiro atoms. The quantitative estimate of drug-likeness (QED) is 0.826. The highest BCUT2D eigenvalue weighted by Gasteiger charge is 2.47. The topological polar surface area (TPSA) is 21.7 Å². The molecular weight excluding hydrogens is 324 g/mol. The van der Waals surface area contributed by atoms with Crippen LogP contribution in [0.3, 0.4) is 0 Å². The number of nitrogens with zero attached hydrogens (tertiary/aromatic N) is 1. The van der Waals surface area contributed by atoms with Gasteiger partial charge in [0.15, 0.2) is 0 Å². The number of ether oxygens (including phenoxy) is 2. The number of hydrogen-bond acceptors (Lipinski definition) is 3. The molecule has 0 saturated carbocycles. The van der Waals surface area contributed by atoms with Crippen LogP contribution in [-0.2, 0) is 15.9 Å². The van der Waals surface area contributed by atoms with Gasteiger partial charge in [-0.3, -0.25) is 4.90 Å². The fourth-order valence-corrected chi connectivity index (χ4v) is 4.67. The molecule has 3 aliphatic rings. The Hall–Kier alpha value is -1.04. The SMILES string of the molecule is Fc1ccc(F)c(CC2CCCCN2CC2CC3(CCOCC3)O2)c1. The van der Waals surface area contributed by atoms with Crippen LogP contribution in [0.1, 0.15) is 44.1 Å². The van der Waals surface area contributed by atoms with Crippen molar-refractivity contribution in [2.75, 3.05) is 26.3 Å². The Bertz CT molecular complexity index is 595. The molecule has 5 heteroatoms. The Morgan fingerprint density at radius 2 is 1.96 bits per heavy atom. The van der Waals surface area contributed by atoms with Crippen LogP contribution in [-0.4, -0.2) is 49.0 Å². The molecule has 3 heterocycles. The molecule has 3 saturated heterocycles. The number of likely N-dealkylation sites (tertiary alicyclic amines) is 1. The van der Waals surface area contributed by atoms with E-state index in [-0.39, 0.29) is 29.4 Å². The number of benzene rings is 1. The molecule has 25 heavy (non-hydrogen) atoms. The third-order valence-corrected chi connectivity index (χ3v) is 6.07. The third kappa shape index (κ3) is 3.88. The van der Waals surface area contributed by atoms with E-state index < -0.39 is 0 Å². The van der Waals surface area contributed by atoms with Crippen LogP contribution in [0, 0.1) is 11.6 Å². The van der Waals surface area contributed by atoms with Gasteiger partial charge in [0.25, 0.3) is 0 Å². The summed E-state index contributed by atoms with van der Waals surface area (Å²) in [6, 6.07) is 4.05. The highest BCUT2D eigenvalue weighted by atomic mass is 19.1. The van der Waals surface area contributed by atoms with Crippen LogP contribution >= 0.6 is 0 Å². The van der Waals surface area contributed by atoms with Crippen LogP contribution in [0.15, 0.2) is 18.2 Å². The first-order chi connectivity index (χ1) is 12.1. The van der Waals surface area contributed by atoms with Gasteiger partial charge >= 0.3 is 0 Å². The van der Waals surface area contributed by atoms with Crippen LogP contribution < -0.4 is 0 Å². The summed E-state index contributed by atoms with van der Waals surface area (Å²) in [5.74, 6) is -0.657. The van der Waals surface area contributed by atoms with E-state index in [1.807, 2.05) is 0 Å². The molecule has 0 radical (unpaired) electrons. The second-order valence-corrected chi connectivity index (χ2v) is 7.82. The number of hydrogen-bond donors (Lipinski definition) is 0. The first-order valence-electron chi connectivity index (χ1n) is 9.57. The number of rotatable bonds is 4. The Morgan fingerprint density at radius 1 is 1.16 bits per heavy atom. The fourth-order valence-electron chi connectivity index (χ4n) is 4.67. The van der Waals surface area contributed by atoms with Crippen molar-refractivity contribution < 1.29 is 18.3 Å². The molecule has 1 aromatic carbocycles. The summed E-state index contributed by atoms with van der Waals surface area (Å²) in [6.45, 7) is 3.54. The zero-order valence-electron chi connectivity index (χ0n) is 14.7. The summed E-state index contributed by atoms with van der Waals surface area (Å²) in [6.07, 6.45) is 7.34.